The first-order valence-corrected chi connectivity index (χ1v) is 9.64. The van der Waals surface area contributed by atoms with Crippen molar-refractivity contribution in [2.45, 2.75) is 64.0 Å². The van der Waals surface area contributed by atoms with Crippen molar-refractivity contribution in [1.29, 1.82) is 0 Å². The SMILES string of the molecule is [2H][C@@H](Cl)c1ccc(O[Si](C(C)C)(C(C)C)C(C)C)cc1. The smallest absolute Gasteiger partial charge is 0.258 e. The van der Waals surface area contributed by atoms with Crippen LogP contribution in [0.1, 0.15) is 48.5 Å². The summed E-state index contributed by atoms with van der Waals surface area (Å²) >= 11 is 5.77. The summed E-state index contributed by atoms with van der Waals surface area (Å²) < 4.78 is 14.1. The highest BCUT2D eigenvalue weighted by Gasteiger charge is 2.46. The van der Waals surface area contributed by atoms with Gasteiger partial charge in [-0.2, -0.15) is 0 Å². The molecule has 0 N–H and O–H groups in total. The van der Waals surface area contributed by atoms with Gasteiger partial charge in [-0.05, 0) is 34.3 Å². The van der Waals surface area contributed by atoms with E-state index in [2.05, 4.69) is 41.5 Å². The Labute approximate surface area is 125 Å². The largest absolute Gasteiger partial charge is 0.543 e. The fraction of sp³-hybridized carbons (Fsp3) is 0.625. The van der Waals surface area contributed by atoms with E-state index in [1.807, 2.05) is 24.3 Å². The molecule has 1 aromatic carbocycles. The summed E-state index contributed by atoms with van der Waals surface area (Å²) in [5.74, 6) is 0.209. The summed E-state index contributed by atoms with van der Waals surface area (Å²) in [7, 11) is -1.89. The van der Waals surface area contributed by atoms with Crippen molar-refractivity contribution in [1.82, 2.24) is 0 Å². The second-order valence-corrected chi connectivity index (χ2v) is 11.7. The molecular weight excluding hydrogens is 272 g/mol. The molecule has 0 bridgehead atoms. The highest BCUT2D eigenvalue weighted by Crippen LogP contribution is 2.42. The first-order valence-electron chi connectivity index (χ1n) is 7.64. The van der Waals surface area contributed by atoms with Crippen molar-refractivity contribution in [3.05, 3.63) is 29.8 Å². The lowest BCUT2D eigenvalue weighted by molar-refractivity contribution is 0.479. The average Bonchev–Trinajstić information content (AvgIpc) is 2.35. The Hall–Kier alpha value is -0.473. The van der Waals surface area contributed by atoms with Crippen LogP contribution in [0.4, 0.5) is 0 Å². The Morgan fingerprint density at radius 2 is 1.42 bits per heavy atom. The molecule has 19 heavy (non-hydrogen) atoms. The second kappa shape index (κ2) is 6.80. The standard InChI is InChI=1S/C16H27ClOSi/c1-12(2)19(13(3)4,14(5)6)18-16-9-7-15(11-17)8-10-16/h7-10,12-14H,11H2,1-6H3/i11D/t11-/m1/s1. The molecule has 3 heteroatoms. The van der Waals surface area contributed by atoms with Gasteiger partial charge in [0.15, 0.2) is 0 Å². The summed E-state index contributed by atoms with van der Waals surface area (Å²) in [4.78, 5) is 0. The maximum Gasteiger partial charge on any atom is 0.258 e. The minimum absolute atomic E-state index is 0.555. The van der Waals surface area contributed by atoms with Crippen LogP contribution >= 0.6 is 11.6 Å². The Kier molecular flexibility index (Phi) is 5.34. The van der Waals surface area contributed by atoms with E-state index in [9.17, 15) is 0 Å². The molecule has 1 nitrogen and oxygen atoms in total. The zero-order chi connectivity index (χ0) is 15.5. The van der Waals surface area contributed by atoms with E-state index in [4.69, 9.17) is 17.4 Å². The van der Waals surface area contributed by atoms with Gasteiger partial charge >= 0.3 is 0 Å². The quantitative estimate of drug-likeness (QED) is 0.464. The highest BCUT2D eigenvalue weighted by atomic mass is 35.5. The number of alkyl halides is 1. The van der Waals surface area contributed by atoms with Crippen LogP contribution in [0.25, 0.3) is 0 Å². The first-order chi connectivity index (χ1) is 9.21. The molecule has 0 saturated carbocycles. The van der Waals surface area contributed by atoms with E-state index in [-0.39, 0.29) is 0 Å². The third-order valence-corrected chi connectivity index (χ3v) is 10.3. The number of hydrogen-bond donors (Lipinski definition) is 0. The van der Waals surface area contributed by atoms with Gasteiger partial charge in [0.05, 0.1) is 0 Å². The lowest BCUT2D eigenvalue weighted by Gasteiger charge is -2.42. The first kappa shape index (κ1) is 14.9. The molecule has 108 valence electrons. The number of hydrogen-bond acceptors (Lipinski definition) is 1. The molecule has 0 amide bonds. The molecule has 0 aliphatic carbocycles. The summed E-state index contributed by atoms with van der Waals surface area (Å²) in [6, 6.07) is 7.68. The van der Waals surface area contributed by atoms with Gasteiger partial charge < -0.3 is 4.43 Å². The molecule has 0 aromatic heterocycles. The Balaban J connectivity index is 3.07. The average molecular weight is 300 g/mol. The molecule has 0 radical (unpaired) electrons. The predicted octanol–water partition coefficient (Wildman–Crippen LogP) is 5.98. The minimum atomic E-state index is -1.89. The molecule has 0 aliphatic heterocycles. The van der Waals surface area contributed by atoms with Gasteiger partial charge in [0.2, 0.25) is 0 Å². The fourth-order valence-electron chi connectivity index (χ4n) is 3.17. The van der Waals surface area contributed by atoms with Crippen LogP contribution in [-0.4, -0.2) is 8.32 Å². The van der Waals surface area contributed by atoms with Crippen molar-refractivity contribution < 1.29 is 5.80 Å². The van der Waals surface area contributed by atoms with Crippen molar-refractivity contribution in [2.24, 2.45) is 0 Å². The van der Waals surface area contributed by atoms with Gasteiger partial charge in [0.1, 0.15) is 5.75 Å². The summed E-state index contributed by atoms with van der Waals surface area (Å²) in [6.45, 7) is 13.7. The molecule has 0 aliphatic rings. The number of halogens is 1. The molecule has 0 heterocycles. The van der Waals surface area contributed by atoms with Gasteiger partial charge in [-0.3, -0.25) is 0 Å². The van der Waals surface area contributed by atoms with Crippen molar-refractivity contribution in [3.63, 3.8) is 0 Å². The Morgan fingerprint density at radius 3 is 1.74 bits per heavy atom. The highest BCUT2D eigenvalue weighted by molar-refractivity contribution is 6.78. The van der Waals surface area contributed by atoms with Crippen LogP contribution in [0.3, 0.4) is 0 Å². The normalized spacial score (nSPS) is 14.9. The molecule has 0 unspecified atom stereocenters. The number of rotatable bonds is 6. The maximum atomic E-state index is 7.51. The zero-order valence-corrected chi connectivity index (χ0v) is 14.7. The summed E-state index contributed by atoms with van der Waals surface area (Å²) in [5, 5.41) is 0. The zero-order valence-electron chi connectivity index (χ0n) is 13.9. The van der Waals surface area contributed by atoms with Crippen LogP contribution in [0, 0.1) is 0 Å². The molecule has 1 atom stereocenters. The van der Waals surface area contributed by atoms with Crippen LogP contribution in [-0.2, 0) is 5.86 Å². The van der Waals surface area contributed by atoms with Crippen molar-refractivity contribution in [3.8, 4) is 5.75 Å². The molecular formula is C16H27ClOSi. The predicted molar refractivity (Wildman–Crippen MR) is 87.7 cm³/mol. The maximum absolute atomic E-state index is 7.51. The van der Waals surface area contributed by atoms with E-state index in [1.165, 1.54) is 0 Å². The molecule has 1 rings (SSSR count). The van der Waals surface area contributed by atoms with Crippen LogP contribution in [0.5, 0.6) is 5.75 Å². The molecule has 0 fully saturated rings. The fourth-order valence-corrected chi connectivity index (χ4v) is 8.56. The van der Waals surface area contributed by atoms with Crippen LogP contribution in [0.15, 0.2) is 24.3 Å². The molecule has 0 spiro atoms. The third kappa shape index (κ3) is 3.54. The van der Waals surface area contributed by atoms with Crippen molar-refractivity contribution >= 4 is 19.9 Å². The van der Waals surface area contributed by atoms with Crippen LogP contribution < -0.4 is 4.43 Å². The molecule has 1 aromatic rings. The van der Waals surface area contributed by atoms with E-state index < -0.39 is 14.2 Å². The summed E-state index contributed by atoms with van der Waals surface area (Å²) in [6.07, 6.45) is 0. The van der Waals surface area contributed by atoms with Gasteiger partial charge in [0, 0.05) is 7.23 Å². The van der Waals surface area contributed by atoms with Crippen molar-refractivity contribution in [2.75, 3.05) is 0 Å². The lowest BCUT2D eigenvalue weighted by Crippen LogP contribution is -2.50. The van der Waals surface area contributed by atoms with Gasteiger partial charge in [-0.1, -0.05) is 53.7 Å². The van der Waals surface area contributed by atoms with E-state index in [0.29, 0.717) is 16.6 Å². The van der Waals surface area contributed by atoms with Gasteiger partial charge in [-0.25, -0.2) is 0 Å². The second-order valence-electron chi connectivity index (χ2n) is 6.10. The Morgan fingerprint density at radius 1 is 1.00 bits per heavy atom. The molecule has 0 saturated heterocycles. The van der Waals surface area contributed by atoms with Crippen LogP contribution in [0.2, 0.25) is 16.6 Å². The topological polar surface area (TPSA) is 9.23 Å². The van der Waals surface area contributed by atoms with E-state index in [0.717, 1.165) is 11.3 Å². The van der Waals surface area contributed by atoms with Gasteiger partial charge in [-0.15, -0.1) is 11.6 Å². The summed E-state index contributed by atoms with van der Waals surface area (Å²) in [5.41, 5.74) is 2.47. The number of benzene rings is 1. The van der Waals surface area contributed by atoms with E-state index >= 15 is 0 Å². The van der Waals surface area contributed by atoms with E-state index in [1.54, 1.807) is 0 Å². The monoisotopic (exact) mass is 299 g/mol. The minimum Gasteiger partial charge on any atom is -0.543 e. The third-order valence-electron chi connectivity index (χ3n) is 4.01. The van der Waals surface area contributed by atoms with Gasteiger partial charge in [0.25, 0.3) is 8.32 Å². The lowest BCUT2D eigenvalue weighted by atomic mass is 10.2. The Bertz CT molecular complexity index is 393.